The van der Waals surface area contributed by atoms with Gasteiger partial charge in [-0.2, -0.15) is 16.9 Å². The van der Waals surface area contributed by atoms with Crippen LogP contribution in [-0.2, 0) is 12.8 Å². The van der Waals surface area contributed by atoms with Crippen LogP contribution in [0.1, 0.15) is 26.1 Å². The lowest BCUT2D eigenvalue weighted by Crippen LogP contribution is -1.99. The summed E-state index contributed by atoms with van der Waals surface area (Å²) in [6.07, 6.45) is 2.92. The molecule has 0 aliphatic carbocycles. The van der Waals surface area contributed by atoms with Crippen LogP contribution >= 0.6 is 23.4 Å². The Morgan fingerprint density at radius 1 is 1.39 bits per heavy atom. The number of aryl methyl sites for hydroxylation is 1. The molecule has 0 amide bonds. The number of hydrogen-bond acceptors (Lipinski definition) is 4. The molecular weight excluding hydrogens is 268 g/mol. The third-order valence-corrected chi connectivity index (χ3v) is 3.94. The Bertz CT molecular complexity index is 538. The Balaban J connectivity index is 2.07. The van der Waals surface area contributed by atoms with Crippen molar-refractivity contribution >= 4 is 34.4 Å². The summed E-state index contributed by atoms with van der Waals surface area (Å²) < 4.78 is 1.73. The van der Waals surface area contributed by atoms with Crippen LogP contribution in [0.25, 0.3) is 11.0 Å². The Kier molecular flexibility index (Phi) is 4.45. The topological polar surface area (TPSA) is 43.6 Å². The first kappa shape index (κ1) is 13.6. The lowest BCUT2D eigenvalue weighted by molar-refractivity contribution is 0.632. The van der Waals surface area contributed by atoms with Crippen molar-refractivity contribution in [2.45, 2.75) is 26.0 Å². The molecule has 0 fully saturated rings. The normalized spacial score (nSPS) is 11.6. The van der Waals surface area contributed by atoms with E-state index in [0.29, 0.717) is 5.15 Å². The molecule has 0 N–H and O–H groups in total. The molecule has 0 aliphatic rings. The monoisotopic (exact) mass is 284 g/mol. The van der Waals surface area contributed by atoms with Crippen LogP contribution in [0.15, 0.2) is 6.20 Å². The van der Waals surface area contributed by atoms with Crippen LogP contribution in [0.4, 0.5) is 0 Å². The van der Waals surface area contributed by atoms with E-state index in [0.717, 1.165) is 34.3 Å². The summed E-state index contributed by atoms with van der Waals surface area (Å²) in [7, 11) is 1.86. The van der Waals surface area contributed by atoms with Gasteiger partial charge in [0.2, 0.25) is 0 Å². The zero-order valence-electron chi connectivity index (χ0n) is 10.9. The molecule has 18 heavy (non-hydrogen) atoms. The van der Waals surface area contributed by atoms with Crippen molar-refractivity contribution < 1.29 is 0 Å². The van der Waals surface area contributed by atoms with Crippen molar-refractivity contribution in [1.82, 2.24) is 19.7 Å². The Morgan fingerprint density at radius 2 is 2.17 bits per heavy atom. The maximum absolute atomic E-state index is 6.13. The number of fused-ring (bicyclic) bond motifs is 1. The third-order valence-electron chi connectivity index (χ3n) is 2.66. The van der Waals surface area contributed by atoms with Gasteiger partial charge in [0, 0.05) is 7.05 Å². The smallest absolute Gasteiger partial charge is 0.162 e. The Labute approximate surface area is 116 Å². The fourth-order valence-electron chi connectivity index (χ4n) is 1.58. The fraction of sp³-hybridized carbons (Fsp3) is 0.583. The van der Waals surface area contributed by atoms with Gasteiger partial charge in [-0.15, -0.1) is 0 Å². The molecule has 6 heteroatoms. The van der Waals surface area contributed by atoms with E-state index in [2.05, 4.69) is 28.9 Å². The second-order valence-corrected chi connectivity index (χ2v) is 6.13. The number of aromatic nitrogens is 4. The number of nitrogens with zero attached hydrogens (tertiary/aromatic N) is 4. The summed E-state index contributed by atoms with van der Waals surface area (Å²) in [6, 6.07) is 0. The highest BCUT2D eigenvalue weighted by Crippen LogP contribution is 2.21. The number of hydrogen-bond donors (Lipinski definition) is 0. The van der Waals surface area contributed by atoms with Gasteiger partial charge in [0.05, 0.1) is 17.3 Å². The van der Waals surface area contributed by atoms with Gasteiger partial charge < -0.3 is 0 Å². The molecule has 0 aromatic carbocycles. The van der Waals surface area contributed by atoms with Crippen LogP contribution in [-0.4, -0.2) is 25.5 Å². The minimum Gasteiger partial charge on any atom is -0.250 e. The molecule has 98 valence electrons. The predicted octanol–water partition coefficient (Wildman–Crippen LogP) is 3.30. The van der Waals surface area contributed by atoms with Gasteiger partial charge in [-0.05, 0) is 18.1 Å². The minimum atomic E-state index is 0.493. The SMILES string of the molecule is CC(C)CCSCc1nc(Cl)c2cnn(C)c2n1. The predicted molar refractivity (Wildman–Crippen MR) is 76.9 cm³/mol. The molecule has 0 radical (unpaired) electrons. The third kappa shape index (κ3) is 3.14. The molecule has 2 rings (SSSR count). The molecule has 0 aliphatic heterocycles. The molecule has 2 aromatic rings. The highest BCUT2D eigenvalue weighted by Gasteiger charge is 2.09. The molecule has 2 aromatic heterocycles. The van der Waals surface area contributed by atoms with Gasteiger partial charge in [0.15, 0.2) is 5.65 Å². The van der Waals surface area contributed by atoms with Crippen molar-refractivity contribution in [3.8, 4) is 0 Å². The van der Waals surface area contributed by atoms with Crippen molar-refractivity contribution in [3.63, 3.8) is 0 Å². The first-order chi connectivity index (χ1) is 8.58. The fourth-order valence-corrected chi connectivity index (χ4v) is 2.90. The van der Waals surface area contributed by atoms with E-state index in [1.807, 2.05) is 18.8 Å². The van der Waals surface area contributed by atoms with Gasteiger partial charge in [0.1, 0.15) is 11.0 Å². The molecule has 0 spiro atoms. The van der Waals surface area contributed by atoms with E-state index in [1.54, 1.807) is 10.9 Å². The van der Waals surface area contributed by atoms with Gasteiger partial charge >= 0.3 is 0 Å². The molecule has 0 unspecified atom stereocenters. The molecule has 2 heterocycles. The lowest BCUT2D eigenvalue weighted by Gasteiger charge is -2.04. The maximum Gasteiger partial charge on any atom is 0.162 e. The highest BCUT2D eigenvalue weighted by molar-refractivity contribution is 7.98. The molecule has 0 atom stereocenters. The summed E-state index contributed by atoms with van der Waals surface area (Å²) in [5.74, 6) is 3.45. The molecule has 0 saturated heterocycles. The van der Waals surface area contributed by atoms with E-state index < -0.39 is 0 Å². The standard InChI is InChI=1S/C12H17ClN4S/c1-8(2)4-5-18-7-10-15-11(13)9-6-14-17(3)12(9)16-10/h6,8H,4-5,7H2,1-3H3. The summed E-state index contributed by atoms with van der Waals surface area (Å²) >= 11 is 7.97. The van der Waals surface area contributed by atoms with Crippen molar-refractivity contribution in [2.75, 3.05) is 5.75 Å². The zero-order chi connectivity index (χ0) is 13.1. The van der Waals surface area contributed by atoms with Crippen molar-refractivity contribution in [1.29, 1.82) is 0 Å². The van der Waals surface area contributed by atoms with Gasteiger partial charge in [-0.3, -0.25) is 4.68 Å². The minimum absolute atomic E-state index is 0.493. The maximum atomic E-state index is 6.13. The Hall–Kier alpha value is -0.810. The molecule has 0 bridgehead atoms. The summed E-state index contributed by atoms with van der Waals surface area (Å²) in [5, 5.41) is 5.45. The van der Waals surface area contributed by atoms with Crippen LogP contribution in [0.5, 0.6) is 0 Å². The number of halogens is 1. The molecule has 4 nitrogen and oxygen atoms in total. The van der Waals surface area contributed by atoms with E-state index in [1.165, 1.54) is 6.42 Å². The van der Waals surface area contributed by atoms with Crippen LogP contribution < -0.4 is 0 Å². The first-order valence-corrected chi connectivity index (χ1v) is 7.53. The average molecular weight is 285 g/mol. The molecular formula is C12H17ClN4S. The quantitative estimate of drug-likeness (QED) is 0.624. The van der Waals surface area contributed by atoms with Crippen LogP contribution in [0.3, 0.4) is 0 Å². The molecule has 0 saturated carbocycles. The van der Waals surface area contributed by atoms with Crippen molar-refractivity contribution in [3.05, 3.63) is 17.2 Å². The summed E-state index contributed by atoms with van der Waals surface area (Å²) in [6.45, 7) is 4.46. The van der Waals surface area contributed by atoms with E-state index >= 15 is 0 Å². The van der Waals surface area contributed by atoms with Gasteiger partial charge in [0.25, 0.3) is 0 Å². The summed E-state index contributed by atoms with van der Waals surface area (Å²) in [5.41, 5.74) is 0.800. The largest absolute Gasteiger partial charge is 0.250 e. The van der Waals surface area contributed by atoms with Crippen LogP contribution in [0.2, 0.25) is 5.15 Å². The highest BCUT2D eigenvalue weighted by atomic mass is 35.5. The first-order valence-electron chi connectivity index (χ1n) is 5.99. The Morgan fingerprint density at radius 3 is 2.89 bits per heavy atom. The second-order valence-electron chi connectivity index (χ2n) is 4.67. The second kappa shape index (κ2) is 5.89. The van der Waals surface area contributed by atoms with E-state index in [-0.39, 0.29) is 0 Å². The number of rotatable bonds is 5. The van der Waals surface area contributed by atoms with E-state index in [9.17, 15) is 0 Å². The summed E-state index contributed by atoms with van der Waals surface area (Å²) in [4.78, 5) is 8.81. The number of thioether (sulfide) groups is 1. The van der Waals surface area contributed by atoms with Gasteiger partial charge in [-0.1, -0.05) is 25.4 Å². The lowest BCUT2D eigenvalue weighted by atomic mass is 10.2. The van der Waals surface area contributed by atoms with Crippen LogP contribution in [0, 0.1) is 5.92 Å². The zero-order valence-corrected chi connectivity index (χ0v) is 12.4. The van der Waals surface area contributed by atoms with Gasteiger partial charge in [-0.25, -0.2) is 9.97 Å². The van der Waals surface area contributed by atoms with E-state index in [4.69, 9.17) is 11.6 Å². The average Bonchev–Trinajstić information content (AvgIpc) is 2.67. The van der Waals surface area contributed by atoms with Crippen molar-refractivity contribution in [2.24, 2.45) is 13.0 Å².